The summed E-state index contributed by atoms with van der Waals surface area (Å²) in [6.45, 7) is 3.65. The number of ketones is 1. The second-order valence-electron chi connectivity index (χ2n) is 3.21. The Morgan fingerprint density at radius 2 is 2.00 bits per heavy atom. The summed E-state index contributed by atoms with van der Waals surface area (Å²) in [6, 6.07) is 3.16. The van der Waals surface area contributed by atoms with E-state index in [1.165, 1.54) is 6.07 Å². The molecule has 3 nitrogen and oxygen atoms in total. The Labute approximate surface area is 92.7 Å². The molecular formula is C11H11ClO3. The Balaban J connectivity index is 3.37. The minimum Gasteiger partial charge on any atom is -0.475 e. The highest BCUT2D eigenvalue weighted by atomic mass is 35.5. The SMILES string of the molecule is CCc1c(C(=O)C(=O)O)ccc(C)c1Cl. The maximum atomic E-state index is 11.3. The molecule has 0 atom stereocenters. The molecule has 1 rings (SSSR count). The first-order valence-corrected chi connectivity index (χ1v) is 4.92. The van der Waals surface area contributed by atoms with E-state index in [1.807, 2.05) is 13.8 Å². The van der Waals surface area contributed by atoms with Gasteiger partial charge in [0.15, 0.2) is 0 Å². The zero-order valence-corrected chi connectivity index (χ0v) is 9.26. The highest BCUT2D eigenvalue weighted by Crippen LogP contribution is 2.25. The van der Waals surface area contributed by atoms with Gasteiger partial charge in [0, 0.05) is 10.6 Å². The third-order valence-electron chi connectivity index (χ3n) is 2.23. The number of carbonyl (C=O) groups is 2. The van der Waals surface area contributed by atoms with Crippen molar-refractivity contribution in [2.24, 2.45) is 0 Å². The number of aryl methyl sites for hydroxylation is 1. The van der Waals surface area contributed by atoms with Crippen molar-refractivity contribution in [1.29, 1.82) is 0 Å². The molecule has 0 heterocycles. The van der Waals surface area contributed by atoms with Gasteiger partial charge < -0.3 is 5.11 Å². The molecule has 0 radical (unpaired) electrons. The number of aliphatic carboxylic acids is 1. The van der Waals surface area contributed by atoms with Crippen molar-refractivity contribution < 1.29 is 14.7 Å². The number of benzene rings is 1. The Morgan fingerprint density at radius 3 is 2.47 bits per heavy atom. The molecule has 15 heavy (non-hydrogen) atoms. The number of rotatable bonds is 3. The monoisotopic (exact) mass is 226 g/mol. The lowest BCUT2D eigenvalue weighted by Gasteiger charge is -2.09. The summed E-state index contributed by atoms with van der Waals surface area (Å²) in [5, 5.41) is 9.10. The number of carbonyl (C=O) groups excluding carboxylic acids is 1. The molecule has 1 N–H and O–H groups in total. The Hall–Kier alpha value is -1.35. The summed E-state index contributed by atoms with van der Waals surface area (Å²) in [5.41, 5.74) is 1.63. The Bertz CT molecular complexity index is 424. The van der Waals surface area contributed by atoms with Crippen molar-refractivity contribution >= 4 is 23.4 Å². The standard InChI is InChI=1S/C11H11ClO3/c1-3-7-8(10(13)11(14)15)5-4-6(2)9(7)12/h4-5H,3H2,1-2H3,(H,14,15). The summed E-state index contributed by atoms with van der Waals surface area (Å²) >= 11 is 6.00. The van der Waals surface area contributed by atoms with E-state index in [2.05, 4.69) is 0 Å². The molecule has 0 aliphatic carbocycles. The Morgan fingerprint density at radius 1 is 1.40 bits per heavy atom. The number of carboxylic acids is 1. The zero-order valence-electron chi connectivity index (χ0n) is 8.50. The van der Waals surface area contributed by atoms with E-state index in [-0.39, 0.29) is 5.56 Å². The van der Waals surface area contributed by atoms with E-state index in [9.17, 15) is 9.59 Å². The highest BCUT2D eigenvalue weighted by Gasteiger charge is 2.19. The van der Waals surface area contributed by atoms with E-state index in [4.69, 9.17) is 16.7 Å². The van der Waals surface area contributed by atoms with E-state index in [1.54, 1.807) is 6.07 Å². The smallest absolute Gasteiger partial charge is 0.377 e. The van der Waals surface area contributed by atoms with E-state index < -0.39 is 11.8 Å². The summed E-state index contributed by atoms with van der Waals surface area (Å²) in [5.74, 6) is -2.36. The number of carboxylic acid groups (broad SMARTS) is 1. The number of hydrogen-bond acceptors (Lipinski definition) is 2. The van der Waals surface area contributed by atoms with Crippen molar-refractivity contribution in [1.82, 2.24) is 0 Å². The molecule has 0 aliphatic heterocycles. The van der Waals surface area contributed by atoms with Gasteiger partial charge in [-0.2, -0.15) is 0 Å². The first-order chi connectivity index (χ1) is 6.99. The van der Waals surface area contributed by atoms with Crippen molar-refractivity contribution in [3.8, 4) is 0 Å². The van der Waals surface area contributed by atoms with Gasteiger partial charge in [-0.3, -0.25) is 4.79 Å². The van der Waals surface area contributed by atoms with Crippen LogP contribution in [0.4, 0.5) is 0 Å². The van der Waals surface area contributed by atoms with Gasteiger partial charge >= 0.3 is 5.97 Å². The van der Waals surface area contributed by atoms with Crippen molar-refractivity contribution in [3.05, 3.63) is 33.8 Å². The molecule has 0 aromatic heterocycles. The average molecular weight is 227 g/mol. The molecule has 4 heteroatoms. The van der Waals surface area contributed by atoms with Crippen LogP contribution in [0.1, 0.15) is 28.4 Å². The van der Waals surface area contributed by atoms with Crippen LogP contribution in [0.15, 0.2) is 12.1 Å². The van der Waals surface area contributed by atoms with Gasteiger partial charge in [0.1, 0.15) is 0 Å². The molecule has 0 unspecified atom stereocenters. The fourth-order valence-corrected chi connectivity index (χ4v) is 1.71. The predicted octanol–water partition coefficient (Wildman–Crippen LogP) is 2.48. The lowest BCUT2D eigenvalue weighted by molar-refractivity contribution is -0.131. The lowest BCUT2D eigenvalue weighted by atomic mass is 9.99. The molecule has 0 spiro atoms. The van der Waals surface area contributed by atoms with Crippen LogP contribution in [0.25, 0.3) is 0 Å². The van der Waals surface area contributed by atoms with Gasteiger partial charge in [0.25, 0.3) is 5.78 Å². The van der Waals surface area contributed by atoms with Gasteiger partial charge in [0.05, 0.1) is 0 Å². The third-order valence-corrected chi connectivity index (χ3v) is 2.75. The van der Waals surface area contributed by atoms with Crippen LogP contribution in [-0.4, -0.2) is 16.9 Å². The lowest BCUT2D eigenvalue weighted by Crippen LogP contribution is -2.15. The number of hydrogen-bond donors (Lipinski definition) is 1. The summed E-state index contributed by atoms with van der Waals surface area (Å²) in [6.07, 6.45) is 0.537. The van der Waals surface area contributed by atoms with Gasteiger partial charge in [-0.15, -0.1) is 0 Å². The van der Waals surface area contributed by atoms with Crippen LogP contribution in [0.5, 0.6) is 0 Å². The van der Waals surface area contributed by atoms with Crippen LogP contribution in [0.2, 0.25) is 5.02 Å². The minimum atomic E-state index is -1.45. The van der Waals surface area contributed by atoms with Crippen molar-refractivity contribution in [3.63, 3.8) is 0 Å². The maximum absolute atomic E-state index is 11.3. The summed E-state index contributed by atoms with van der Waals surface area (Å²) in [7, 11) is 0. The normalized spacial score (nSPS) is 10.1. The van der Waals surface area contributed by atoms with Gasteiger partial charge in [0.2, 0.25) is 0 Å². The van der Waals surface area contributed by atoms with E-state index in [0.29, 0.717) is 17.0 Å². The summed E-state index contributed by atoms with van der Waals surface area (Å²) < 4.78 is 0. The fourth-order valence-electron chi connectivity index (χ4n) is 1.41. The van der Waals surface area contributed by atoms with E-state index >= 15 is 0 Å². The van der Waals surface area contributed by atoms with Crippen LogP contribution in [0, 0.1) is 6.92 Å². The second-order valence-corrected chi connectivity index (χ2v) is 3.59. The van der Waals surface area contributed by atoms with Gasteiger partial charge in [-0.1, -0.05) is 30.7 Å². The zero-order chi connectivity index (χ0) is 11.6. The molecule has 1 aromatic rings. The van der Waals surface area contributed by atoms with Crippen LogP contribution < -0.4 is 0 Å². The quantitative estimate of drug-likeness (QED) is 0.636. The van der Waals surface area contributed by atoms with Gasteiger partial charge in [-0.25, -0.2) is 4.79 Å². The molecule has 0 fully saturated rings. The molecule has 1 aromatic carbocycles. The molecule has 0 amide bonds. The van der Waals surface area contributed by atoms with Crippen molar-refractivity contribution in [2.45, 2.75) is 20.3 Å². The fraction of sp³-hybridized carbons (Fsp3) is 0.273. The van der Waals surface area contributed by atoms with E-state index in [0.717, 1.165) is 5.56 Å². The first-order valence-electron chi connectivity index (χ1n) is 4.54. The van der Waals surface area contributed by atoms with Gasteiger partial charge in [-0.05, 0) is 24.5 Å². The third kappa shape index (κ3) is 2.18. The predicted molar refractivity (Wildman–Crippen MR) is 57.5 cm³/mol. The highest BCUT2D eigenvalue weighted by molar-refractivity contribution is 6.41. The molecular weight excluding hydrogens is 216 g/mol. The summed E-state index contributed by atoms with van der Waals surface area (Å²) in [4.78, 5) is 21.9. The van der Waals surface area contributed by atoms with Crippen molar-refractivity contribution in [2.75, 3.05) is 0 Å². The minimum absolute atomic E-state index is 0.181. The first kappa shape index (κ1) is 11.7. The molecule has 80 valence electrons. The molecule has 0 saturated heterocycles. The Kier molecular flexibility index (Phi) is 3.48. The number of halogens is 1. The molecule has 0 bridgehead atoms. The second kappa shape index (κ2) is 4.45. The van der Waals surface area contributed by atoms with Crippen LogP contribution in [0.3, 0.4) is 0 Å². The molecule has 0 aliphatic rings. The van der Waals surface area contributed by atoms with Crippen LogP contribution >= 0.6 is 11.6 Å². The molecule has 0 saturated carbocycles. The average Bonchev–Trinajstić information content (AvgIpc) is 2.20. The maximum Gasteiger partial charge on any atom is 0.377 e. The number of Topliss-reactive ketones (excluding diaryl/α,β-unsaturated/α-hetero) is 1. The topological polar surface area (TPSA) is 54.4 Å². The largest absolute Gasteiger partial charge is 0.475 e. The van der Waals surface area contributed by atoms with Crippen LogP contribution in [-0.2, 0) is 11.2 Å².